The first-order valence-corrected chi connectivity index (χ1v) is 33.9. The van der Waals surface area contributed by atoms with Crippen LogP contribution in [0, 0.1) is 11.8 Å². The van der Waals surface area contributed by atoms with Crippen molar-refractivity contribution in [2.45, 2.75) is 161 Å². The van der Waals surface area contributed by atoms with Crippen molar-refractivity contribution in [2.24, 2.45) is 11.8 Å². The van der Waals surface area contributed by atoms with E-state index in [1.165, 1.54) is 35.2 Å². The molecule has 0 saturated carbocycles. The average Bonchev–Trinajstić information content (AvgIpc) is 1.63. The summed E-state index contributed by atoms with van der Waals surface area (Å²) in [5.74, 6) is -2.43. The van der Waals surface area contributed by atoms with Crippen molar-refractivity contribution in [3.63, 3.8) is 0 Å². The minimum Gasteiger partial charge on any atom is -0.508 e. The van der Waals surface area contributed by atoms with Gasteiger partial charge in [-0.2, -0.15) is 0 Å². The van der Waals surface area contributed by atoms with Crippen LogP contribution in [0.3, 0.4) is 0 Å². The van der Waals surface area contributed by atoms with Crippen molar-refractivity contribution in [2.75, 3.05) is 46.4 Å². The number of epoxide rings is 1. The number of aryl methyl sites for hydroxylation is 1. The topological polar surface area (TPSA) is 291 Å². The van der Waals surface area contributed by atoms with E-state index in [0.717, 1.165) is 29.8 Å². The molecule has 7 amide bonds. The Balaban J connectivity index is 0.702. The Labute approximate surface area is 566 Å². The summed E-state index contributed by atoms with van der Waals surface area (Å²) < 4.78 is 12.9. The molecule has 514 valence electrons. The van der Waals surface area contributed by atoms with Crippen LogP contribution in [0.1, 0.15) is 143 Å². The van der Waals surface area contributed by atoms with Crippen molar-refractivity contribution in [1.29, 1.82) is 0 Å². The van der Waals surface area contributed by atoms with Crippen molar-refractivity contribution >= 4 is 47.3 Å². The first-order chi connectivity index (χ1) is 46.5. The monoisotopic (exact) mass is 1330 g/mol. The van der Waals surface area contributed by atoms with Crippen LogP contribution >= 0.6 is 0 Å². The van der Waals surface area contributed by atoms with Gasteiger partial charge < -0.3 is 55.7 Å². The molecule has 4 aliphatic heterocycles. The molecule has 1 aromatic heterocycles. The summed E-state index contributed by atoms with van der Waals surface area (Å²) in [6.07, 6.45) is 3.31. The van der Waals surface area contributed by atoms with Gasteiger partial charge in [0.15, 0.2) is 11.6 Å². The number of carbonyl (C=O) groups excluding carboxylic acids is 8. The minimum absolute atomic E-state index is 0.0386. The number of aromatic nitrogens is 3. The number of hydrogen-bond donors (Lipinski definition) is 6. The van der Waals surface area contributed by atoms with Crippen molar-refractivity contribution in [3.05, 3.63) is 155 Å². The molecule has 0 radical (unpaired) electrons. The predicted molar refractivity (Wildman–Crippen MR) is 364 cm³/mol. The van der Waals surface area contributed by atoms with Crippen LogP contribution in [0.4, 0.5) is 4.79 Å². The van der Waals surface area contributed by atoms with Crippen LogP contribution in [-0.2, 0) is 48.1 Å². The Bertz CT molecular complexity index is 3790. The second-order valence-corrected chi connectivity index (χ2v) is 27.1. The fourth-order valence-electron chi connectivity index (χ4n) is 13.4. The number of phenolic OH excluding ortho intramolecular Hbond substituents is 2. The molecular weight excluding hydrogens is 1230 g/mol. The molecule has 0 spiro atoms. The summed E-state index contributed by atoms with van der Waals surface area (Å²) in [6, 6.07) is 30.9. The maximum absolute atomic E-state index is 14.6. The van der Waals surface area contributed by atoms with Crippen LogP contribution in [0.15, 0.2) is 121 Å². The largest absolute Gasteiger partial charge is 0.508 e. The quantitative estimate of drug-likeness (QED) is 0.0282. The highest BCUT2D eigenvalue weighted by atomic mass is 16.6. The van der Waals surface area contributed by atoms with Gasteiger partial charge in [-0.3, -0.25) is 43.0 Å². The molecule has 6 aromatic rings. The molecule has 23 nitrogen and oxygen atoms in total. The predicted octanol–water partition coefficient (Wildman–Crippen LogP) is 7.89. The van der Waals surface area contributed by atoms with Crippen molar-refractivity contribution < 1.29 is 58.0 Å². The Kier molecular flexibility index (Phi) is 22.6. The summed E-state index contributed by atoms with van der Waals surface area (Å²) >= 11 is 0. The molecule has 6 atom stereocenters. The second kappa shape index (κ2) is 31.2. The Morgan fingerprint density at radius 3 is 2.02 bits per heavy atom. The lowest BCUT2D eigenvalue weighted by atomic mass is 9.92. The Morgan fingerprint density at radius 2 is 1.40 bits per heavy atom. The van der Waals surface area contributed by atoms with E-state index < -0.39 is 71.4 Å². The molecule has 5 aromatic carbocycles. The second-order valence-electron chi connectivity index (χ2n) is 27.1. The number of ketones is 1. The zero-order valence-corrected chi connectivity index (χ0v) is 56.7. The van der Waals surface area contributed by atoms with Gasteiger partial charge in [0.05, 0.1) is 18.2 Å². The van der Waals surface area contributed by atoms with Crippen molar-refractivity contribution in [1.82, 2.24) is 55.6 Å². The van der Waals surface area contributed by atoms with Crippen LogP contribution in [0.2, 0.25) is 0 Å². The fourth-order valence-corrected chi connectivity index (χ4v) is 13.4. The van der Waals surface area contributed by atoms with Crippen LogP contribution in [-0.4, -0.2) is 180 Å². The van der Waals surface area contributed by atoms with E-state index in [-0.39, 0.29) is 95.8 Å². The number of nitrogens with one attached hydrogen (secondary N) is 4. The number of carbonyl (C=O) groups is 8. The number of rotatable bonds is 26. The van der Waals surface area contributed by atoms with E-state index in [0.29, 0.717) is 81.5 Å². The lowest BCUT2D eigenvalue weighted by Gasteiger charge is -2.39. The molecule has 4 aliphatic rings. The Morgan fingerprint density at radius 1 is 0.753 bits per heavy atom. The van der Waals surface area contributed by atoms with Gasteiger partial charge in [0.1, 0.15) is 41.0 Å². The molecule has 6 N–H and O–H groups in total. The summed E-state index contributed by atoms with van der Waals surface area (Å²) in [5.41, 5.74) is 3.56. The van der Waals surface area contributed by atoms with E-state index in [4.69, 9.17) is 9.47 Å². The zero-order valence-electron chi connectivity index (χ0n) is 56.7. The summed E-state index contributed by atoms with van der Waals surface area (Å²) in [5, 5.41) is 41.6. The van der Waals surface area contributed by atoms with Gasteiger partial charge in [-0.25, -0.2) is 4.79 Å². The highest BCUT2D eigenvalue weighted by molar-refractivity contribution is 6.01. The van der Waals surface area contributed by atoms with E-state index in [9.17, 15) is 48.6 Å². The number of phenols is 2. The highest BCUT2D eigenvalue weighted by Gasteiger charge is 2.51. The van der Waals surface area contributed by atoms with E-state index in [1.54, 1.807) is 29.5 Å². The van der Waals surface area contributed by atoms with Gasteiger partial charge >= 0.3 is 6.09 Å². The number of nitrogens with zero attached hydrogens (tertiary/aromatic N) is 7. The molecule has 97 heavy (non-hydrogen) atoms. The summed E-state index contributed by atoms with van der Waals surface area (Å²) in [7, 11) is 1.67. The molecule has 0 bridgehead atoms. The molecule has 5 heterocycles. The maximum Gasteiger partial charge on any atom is 0.415 e. The normalized spacial score (nSPS) is 19.3. The van der Waals surface area contributed by atoms with Gasteiger partial charge in [0, 0.05) is 75.0 Å². The lowest BCUT2D eigenvalue weighted by Crippen LogP contribution is -2.57. The molecule has 23 heteroatoms. The van der Waals surface area contributed by atoms with Gasteiger partial charge in [-0.1, -0.05) is 100 Å². The van der Waals surface area contributed by atoms with E-state index in [2.05, 4.69) is 36.4 Å². The first-order valence-electron chi connectivity index (χ1n) is 33.9. The summed E-state index contributed by atoms with van der Waals surface area (Å²) in [4.78, 5) is 119. The molecule has 0 aliphatic carbocycles. The lowest BCUT2D eigenvalue weighted by molar-refractivity contribution is -0.142. The average molecular weight is 1330 g/mol. The van der Waals surface area contributed by atoms with E-state index in [1.807, 2.05) is 131 Å². The number of amides is 7. The number of ether oxygens (including phenoxy) is 2. The van der Waals surface area contributed by atoms with Crippen molar-refractivity contribution in [3.8, 4) is 34.3 Å². The number of hydrogen-bond acceptors (Lipinski definition) is 15. The first kappa shape index (κ1) is 70.3. The standard InChI is InChI=1S/C74H91N11O12/c1-9-75-70(92)66-80-79-65(57-41-56(46(4)5)62(86)42-63(57)87)85(66)54-25-20-50(21-26-54)43-82-34-30-52(31-35-82)71(93)83-36-32-53(33-37-83)81(8)73(95)97-55-27-23-51(24-28-55)67(89)76-58(29-22-48-16-12-10-13-17-48)68(90)78-60-39-47(6)84(72(60)94)61(40-49-18-14-11-15-19-49)69(91)77-59(38-45(2)3)64(88)74(7)44-96-74/h10-21,23-28,41-42,45-47,52-53,58-61,86-87H,9,22,29-40,43-44H2,1-8H3,(H,75,92)(H,76,89)(H,77,91)(H,78,90)/t47?,58-,59-,60-,61-,74+/m0/s1. The SMILES string of the molecule is CCNC(=O)c1nnc(-c2cc(C(C)C)c(O)cc2O)n1-c1ccc(CN2CCC(C(=O)N3CCC(N(C)C(=O)Oc4ccc(C(=O)N[C@@H](CCc5ccccc5)C(=O)N[C@H]5CC(C)N([C@@H](Cc6ccccc6)C(=O)N[C@@H](CC(C)C)C(=O)[C@@]6(C)CO6)C5=O)cc4)CC3)CC2)cc1. The third-order valence-corrected chi connectivity index (χ3v) is 19.1. The summed E-state index contributed by atoms with van der Waals surface area (Å²) in [6.45, 7) is 16.9. The fraction of sp³-hybridized carbons (Fsp3) is 0.459. The third kappa shape index (κ3) is 17.0. The number of aromatic hydroxyl groups is 2. The van der Waals surface area contributed by atoms with Gasteiger partial charge in [0.25, 0.3) is 11.8 Å². The highest BCUT2D eigenvalue weighted by Crippen LogP contribution is 2.39. The van der Waals surface area contributed by atoms with Gasteiger partial charge in [-0.15, -0.1) is 10.2 Å². The number of benzene rings is 5. The van der Waals surface area contributed by atoms with E-state index >= 15 is 0 Å². The molecule has 10 rings (SSSR count). The maximum atomic E-state index is 14.6. The molecule has 4 saturated heterocycles. The van der Waals surface area contributed by atoms with Gasteiger partial charge in [-0.05, 0) is 162 Å². The van der Waals surface area contributed by atoms with Crippen LogP contribution in [0.5, 0.6) is 17.2 Å². The Hall–Kier alpha value is -9.48. The third-order valence-electron chi connectivity index (χ3n) is 19.1. The zero-order chi connectivity index (χ0) is 69.2. The molecular formula is C74H91N11O12. The number of piperidine rings is 2. The molecule has 1 unspecified atom stereocenters. The van der Waals surface area contributed by atoms with Crippen LogP contribution in [0.25, 0.3) is 17.1 Å². The minimum atomic E-state index is -1.08. The smallest absolute Gasteiger partial charge is 0.415 e. The van der Waals surface area contributed by atoms with Crippen LogP contribution < -0.4 is 26.0 Å². The van der Waals surface area contributed by atoms with Gasteiger partial charge in [0.2, 0.25) is 29.5 Å². The molecule has 4 fully saturated rings. The number of likely N-dealkylation sites (tertiary alicyclic amines) is 3. The number of Topliss-reactive ketones (excluding diaryl/α,β-unsaturated/α-hetero) is 1.